The molecule has 0 aliphatic carbocycles. The number of ether oxygens (including phenoxy) is 1. The summed E-state index contributed by atoms with van der Waals surface area (Å²) >= 11 is 5.95. The molecule has 0 unspecified atom stereocenters. The predicted molar refractivity (Wildman–Crippen MR) is 81.6 cm³/mol. The van der Waals surface area contributed by atoms with E-state index in [1.54, 1.807) is 37.1 Å². The van der Waals surface area contributed by atoms with Crippen LogP contribution in [0.25, 0.3) is 0 Å². The lowest BCUT2D eigenvalue weighted by Crippen LogP contribution is -2.40. The number of methoxy groups -OCH3 is 1. The molecule has 6 heteroatoms. The third kappa shape index (κ3) is 3.88. The Balaban J connectivity index is 1.99. The van der Waals surface area contributed by atoms with Gasteiger partial charge in [-0.25, -0.2) is 0 Å². The topological polar surface area (TPSA) is 58.6 Å². The van der Waals surface area contributed by atoms with Crippen molar-refractivity contribution in [3.63, 3.8) is 0 Å². The normalized spacial score (nSPS) is 15.7. The van der Waals surface area contributed by atoms with E-state index in [-0.39, 0.29) is 17.7 Å². The molecule has 0 saturated carbocycles. The summed E-state index contributed by atoms with van der Waals surface area (Å²) in [7, 11) is 1.55. The van der Waals surface area contributed by atoms with Crippen molar-refractivity contribution in [3.05, 3.63) is 23.2 Å². The molecule has 0 radical (unpaired) electrons. The van der Waals surface area contributed by atoms with Crippen molar-refractivity contribution < 1.29 is 14.3 Å². The third-order valence-electron chi connectivity index (χ3n) is 3.73. The first kappa shape index (κ1) is 15.6. The van der Waals surface area contributed by atoms with Crippen molar-refractivity contribution >= 4 is 29.1 Å². The number of halogens is 1. The Bertz CT molecular complexity index is 540. The zero-order valence-electron chi connectivity index (χ0n) is 12.2. The number of anilines is 1. The van der Waals surface area contributed by atoms with Crippen LogP contribution >= 0.6 is 11.6 Å². The number of carbonyl (C=O) groups is 2. The van der Waals surface area contributed by atoms with E-state index in [9.17, 15) is 9.59 Å². The maximum atomic E-state index is 12.3. The van der Waals surface area contributed by atoms with Gasteiger partial charge in [0.05, 0.1) is 12.8 Å². The van der Waals surface area contributed by atoms with Gasteiger partial charge in [-0.15, -0.1) is 0 Å². The van der Waals surface area contributed by atoms with E-state index in [1.165, 1.54) is 0 Å². The molecular weight excluding hydrogens is 292 g/mol. The summed E-state index contributed by atoms with van der Waals surface area (Å²) in [5, 5.41) is 3.40. The zero-order valence-corrected chi connectivity index (χ0v) is 12.9. The second-order valence-electron chi connectivity index (χ2n) is 5.11. The summed E-state index contributed by atoms with van der Waals surface area (Å²) < 4.78 is 5.21. The second kappa shape index (κ2) is 6.80. The van der Waals surface area contributed by atoms with Gasteiger partial charge in [0, 0.05) is 31.0 Å². The van der Waals surface area contributed by atoms with E-state index in [2.05, 4.69) is 5.32 Å². The molecule has 0 atom stereocenters. The van der Waals surface area contributed by atoms with Crippen LogP contribution in [0.15, 0.2) is 18.2 Å². The fraction of sp³-hybridized carbons (Fsp3) is 0.467. The maximum absolute atomic E-state index is 12.3. The van der Waals surface area contributed by atoms with Gasteiger partial charge >= 0.3 is 0 Å². The van der Waals surface area contributed by atoms with Gasteiger partial charge in [0.1, 0.15) is 5.75 Å². The molecule has 0 bridgehead atoms. The number of likely N-dealkylation sites (tertiary alicyclic amines) is 1. The van der Waals surface area contributed by atoms with Crippen LogP contribution in [-0.4, -0.2) is 36.9 Å². The second-order valence-corrected chi connectivity index (χ2v) is 5.55. The number of rotatable bonds is 3. The van der Waals surface area contributed by atoms with Crippen LogP contribution in [0.2, 0.25) is 5.02 Å². The third-order valence-corrected chi connectivity index (χ3v) is 3.97. The van der Waals surface area contributed by atoms with Crippen molar-refractivity contribution in [1.82, 2.24) is 4.90 Å². The molecule has 1 fully saturated rings. The lowest BCUT2D eigenvalue weighted by atomic mass is 9.96. The Morgan fingerprint density at radius 3 is 2.57 bits per heavy atom. The highest BCUT2D eigenvalue weighted by atomic mass is 35.5. The molecular formula is C15H19ClN2O3. The first-order valence-electron chi connectivity index (χ1n) is 6.91. The van der Waals surface area contributed by atoms with Gasteiger partial charge in [-0.1, -0.05) is 11.6 Å². The largest absolute Gasteiger partial charge is 0.495 e. The fourth-order valence-corrected chi connectivity index (χ4v) is 2.64. The summed E-state index contributed by atoms with van der Waals surface area (Å²) in [6.45, 7) is 2.80. The minimum absolute atomic E-state index is 0.0567. The van der Waals surface area contributed by atoms with Crippen molar-refractivity contribution in [2.75, 3.05) is 25.5 Å². The molecule has 2 amide bonds. The van der Waals surface area contributed by atoms with Crippen LogP contribution < -0.4 is 10.1 Å². The molecule has 1 aromatic carbocycles. The monoisotopic (exact) mass is 310 g/mol. The molecule has 1 aliphatic heterocycles. The summed E-state index contributed by atoms with van der Waals surface area (Å²) in [5.41, 5.74) is 0.573. The van der Waals surface area contributed by atoms with E-state index in [0.29, 0.717) is 42.4 Å². The molecule has 1 N–H and O–H groups in total. The van der Waals surface area contributed by atoms with Crippen molar-refractivity contribution in [3.8, 4) is 5.75 Å². The van der Waals surface area contributed by atoms with Gasteiger partial charge in [-0.2, -0.15) is 0 Å². The van der Waals surface area contributed by atoms with E-state index < -0.39 is 0 Å². The van der Waals surface area contributed by atoms with Gasteiger partial charge in [0.2, 0.25) is 11.8 Å². The van der Waals surface area contributed by atoms with Crippen LogP contribution in [0.1, 0.15) is 19.8 Å². The zero-order chi connectivity index (χ0) is 15.4. The lowest BCUT2D eigenvalue weighted by molar-refractivity contribution is -0.132. The number of hydrogen-bond donors (Lipinski definition) is 1. The molecule has 1 aliphatic rings. The van der Waals surface area contributed by atoms with Crippen molar-refractivity contribution in [2.24, 2.45) is 5.92 Å². The van der Waals surface area contributed by atoms with E-state index in [4.69, 9.17) is 16.3 Å². The summed E-state index contributed by atoms with van der Waals surface area (Å²) in [6, 6.07) is 5.10. The van der Waals surface area contributed by atoms with Crippen LogP contribution in [0.5, 0.6) is 5.75 Å². The number of amides is 2. The molecule has 21 heavy (non-hydrogen) atoms. The van der Waals surface area contributed by atoms with Crippen LogP contribution in [0, 0.1) is 5.92 Å². The van der Waals surface area contributed by atoms with Gasteiger partial charge in [-0.05, 0) is 31.0 Å². The predicted octanol–water partition coefficient (Wildman–Crippen LogP) is 2.55. The molecule has 1 aromatic rings. The number of benzene rings is 1. The highest BCUT2D eigenvalue weighted by molar-refractivity contribution is 6.31. The van der Waals surface area contributed by atoms with Crippen molar-refractivity contribution in [1.29, 1.82) is 0 Å². The summed E-state index contributed by atoms with van der Waals surface area (Å²) in [6.07, 6.45) is 1.35. The van der Waals surface area contributed by atoms with E-state index in [1.807, 2.05) is 0 Å². The average Bonchev–Trinajstić information content (AvgIpc) is 2.47. The fourth-order valence-electron chi connectivity index (χ4n) is 2.47. The number of hydrogen-bond acceptors (Lipinski definition) is 3. The average molecular weight is 311 g/mol. The molecule has 1 saturated heterocycles. The van der Waals surface area contributed by atoms with Gasteiger partial charge in [-0.3, -0.25) is 9.59 Å². The van der Waals surface area contributed by atoms with Crippen LogP contribution in [0.3, 0.4) is 0 Å². The van der Waals surface area contributed by atoms with Crippen LogP contribution in [-0.2, 0) is 9.59 Å². The van der Waals surface area contributed by atoms with E-state index in [0.717, 1.165) is 0 Å². The smallest absolute Gasteiger partial charge is 0.227 e. The standard InChI is InChI=1S/C15H19ClN2O3/c1-10(19)18-7-5-11(6-8-18)15(20)17-13-9-12(16)3-4-14(13)21-2/h3-4,9,11H,5-8H2,1-2H3,(H,17,20). The molecule has 5 nitrogen and oxygen atoms in total. The minimum atomic E-state index is -0.0933. The Morgan fingerprint density at radius 1 is 1.33 bits per heavy atom. The van der Waals surface area contributed by atoms with Crippen LogP contribution in [0.4, 0.5) is 5.69 Å². The summed E-state index contributed by atoms with van der Waals surface area (Å²) in [4.78, 5) is 25.4. The lowest BCUT2D eigenvalue weighted by Gasteiger charge is -2.30. The number of piperidine rings is 1. The molecule has 114 valence electrons. The molecule has 2 rings (SSSR count). The first-order valence-corrected chi connectivity index (χ1v) is 7.29. The van der Waals surface area contributed by atoms with Gasteiger partial charge in [0.25, 0.3) is 0 Å². The maximum Gasteiger partial charge on any atom is 0.227 e. The first-order chi connectivity index (χ1) is 10.0. The number of nitrogens with one attached hydrogen (secondary N) is 1. The Hall–Kier alpha value is -1.75. The highest BCUT2D eigenvalue weighted by Gasteiger charge is 2.26. The number of nitrogens with zero attached hydrogens (tertiary/aromatic N) is 1. The molecule has 0 spiro atoms. The van der Waals surface area contributed by atoms with Gasteiger partial charge < -0.3 is 15.0 Å². The van der Waals surface area contributed by atoms with Crippen molar-refractivity contribution in [2.45, 2.75) is 19.8 Å². The van der Waals surface area contributed by atoms with E-state index >= 15 is 0 Å². The Labute approximate surface area is 129 Å². The molecule has 0 aromatic heterocycles. The highest BCUT2D eigenvalue weighted by Crippen LogP contribution is 2.29. The quantitative estimate of drug-likeness (QED) is 0.933. The van der Waals surface area contributed by atoms with Gasteiger partial charge in [0.15, 0.2) is 0 Å². The Morgan fingerprint density at radius 2 is 2.00 bits per heavy atom. The number of carbonyl (C=O) groups excluding carboxylic acids is 2. The SMILES string of the molecule is COc1ccc(Cl)cc1NC(=O)C1CCN(C(C)=O)CC1. The molecule has 1 heterocycles. The summed E-state index contributed by atoms with van der Waals surface area (Å²) in [5.74, 6) is 0.488. The Kier molecular flexibility index (Phi) is 5.07. The minimum Gasteiger partial charge on any atom is -0.495 e.